The number of esters is 4. The van der Waals surface area contributed by atoms with Crippen molar-refractivity contribution in [1.29, 1.82) is 0 Å². The summed E-state index contributed by atoms with van der Waals surface area (Å²) in [5.74, 6) is -1.19. The van der Waals surface area contributed by atoms with Gasteiger partial charge in [0.2, 0.25) is 4.11 Å². The summed E-state index contributed by atoms with van der Waals surface area (Å²) in [4.78, 5) is 43.1. The molecule has 2 atom stereocenters. The summed E-state index contributed by atoms with van der Waals surface area (Å²) in [6, 6.07) is 0. The Bertz CT molecular complexity index is 585. The molecule has 0 heterocycles. The van der Waals surface area contributed by atoms with E-state index in [2.05, 4.69) is 80.2 Å². The number of halogens is 4. The van der Waals surface area contributed by atoms with Crippen LogP contribution in [0.15, 0.2) is 0 Å². The quantitative estimate of drug-likeness (QED) is 0.116. The van der Waals surface area contributed by atoms with E-state index in [1.165, 1.54) is 23.8 Å². The third kappa shape index (κ3) is 39.5. The Balaban J connectivity index is -0.000000207. The number of methoxy groups -OCH3 is 3. The fourth-order valence-electron chi connectivity index (χ4n) is 1.53. The summed E-state index contributed by atoms with van der Waals surface area (Å²) in [7, 11) is 4.07. The van der Waals surface area contributed by atoms with E-state index in [0.29, 0.717) is 12.8 Å². The minimum absolute atomic E-state index is 0.0254. The van der Waals surface area contributed by atoms with E-state index < -0.39 is 10.1 Å². The minimum atomic E-state index is -0.847. The lowest BCUT2D eigenvalue weighted by Gasteiger charge is -2.17. The highest BCUT2D eigenvalue weighted by molar-refractivity contribution is 14.2. The zero-order chi connectivity index (χ0) is 28.8. The van der Waals surface area contributed by atoms with Crippen molar-refractivity contribution in [3.8, 4) is 0 Å². The first-order chi connectivity index (χ1) is 15.8. The van der Waals surface area contributed by atoms with Gasteiger partial charge in [0, 0.05) is 12.8 Å². The molecule has 0 aromatic carbocycles. The molecule has 12 heteroatoms. The molecule has 0 aliphatic heterocycles. The van der Waals surface area contributed by atoms with E-state index in [9.17, 15) is 19.2 Å². The molecule has 8 nitrogen and oxygen atoms in total. The first kappa shape index (κ1) is 42.9. The van der Waals surface area contributed by atoms with Crippen molar-refractivity contribution in [1.82, 2.24) is 0 Å². The predicted octanol–water partition coefficient (Wildman–Crippen LogP) is 7.07. The molecule has 0 bridgehead atoms. The molecule has 0 spiro atoms. The summed E-state index contributed by atoms with van der Waals surface area (Å²) >= 11 is 8.27. The number of hydrogen-bond acceptors (Lipinski definition) is 8. The highest BCUT2D eigenvalue weighted by Crippen LogP contribution is 2.21. The van der Waals surface area contributed by atoms with Crippen LogP contribution in [0.1, 0.15) is 74.1 Å². The van der Waals surface area contributed by atoms with E-state index in [1.807, 2.05) is 43.4 Å². The van der Waals surface area contributed by atoms with Gasteiger partial charge in [-0.2, -0.15) is 0 Å². The zero-order valence-electron chi connectivity index (χ0n) is 22.5. The van der Waals surface area contributed by atoms with Gasteiger partial charge in [-0.3, -0.25) is 14.4 Å². The molecule has 210 valence electrons. The second kappa shape index (κ2) is 25.1. The molecule has 0 rings (SSSR count). The highest BCUT2D eigenvalue weighted by Gasteiger charge is 2.21. The van der Waals surface area contributed by atoms with Crippen LogP contribution in [-0.4, -0.2) is 55.7 Å². The number of hydrogen-bond donors (Lipinski definition) is 0. The Kier molecular flexibility index (Phi) is 30.7. The molecule has 0 saturated heterocycles. The van der Waals surface area contributed by atoms with Gasteiger partial charge in [0.05, 0.1) is 23.8 Å². The Morgan fingerprint density at radius 3 is 1.26 bits per heavy atom. The molecule has 0 N–H and O–H groups in total. The van der Waals surface area contributed by atoms with Crippen LogP contribution in [0.2, 0.25) is 0 Å². The van der Waals surface area contributed by atoms with Crippen molar-refractivity contribution in [2.24, 2.45) is 10.8 Å². The van der Waals surface area contributed by atoms with E-state index >= 15 is 0 Å². The Morgan fingerprint density at radius 1 is 0.686 bits per heavy atom. The Morgan fingerprint density at radius 2 is 1.03 bits per heavy atom. The van der Waals surface area contributed by atoms with Crippen molar-refractivity contribution >= 4 is 114 Å². The SMILES string of the molecule is COC(=O)C(C)I.COC(=O)C(I)OC(=O)CCC(C)(C)C.COC(=O)CCC(C)(C)C.ICI. The van der Waals surface area contributed by atoms with Gasteiger partial charge in [-0.05, 0) is 53.2 Å². The van der Waals surface area contributed by atoms with Crippen molar-refractivity contribution in [2.45, 2.75) is 82.2 Å². The number of rotatable bonds is 7. The molecule has 0 aromatic heterocycles. The molecule has 0 amide bonds. The largest absolute Gasteiger partial charge is 0.469 e. The molecule has 2 unspecified atom stereocenters. The third-order valence-electron chi connectivity index (χ3n) is 3.53. The van der Waals surface area contributed by atoms with Crippen molar-refractivity contribution in [3.63, 3.8) is 0 Å². The lowest BCUT2D eigenvalue weighted by molar-refractivity contribution is -0.158. The average Bonchev–Trinajstić information content (AvgIpc) is 2.75. The van der Waals surface area contributed by atoms with Crippen LogP contribution in [0, 0.1) is 10.8 Å². The maximum atomic E-state index is 11.3. The van der Waals surface area contributed by atoms with Gasteiger partial charge in [0.25, 0.3) is 0 Å². The lowest BCUT2D eigenvalue weighted by Crippen LogP contribution is -2.23. The van der Waals surface area contributed by atoms with Crippen LogP contribution in [-0.2, 0) is 38.1 Å². The van der Waals surface area contributed by atoms with Gasteiger partial charge in [0.15, 0.2) is 0 Å². The fourth-order valence-corrected chi connectivity index (χ4v) is 2.33. The molecule has 0 aromatic rings. The number of ether oxygens (including phenoxy) is 4. The van der Waals surface area contributed by atoms with Gasteiger partial charge in [-0.25, -0.2) is 4.79 Å². The van der Waals surface area contributed by atoms with Crippen LogP contribution in [0.5, 0.6) is 0 Å². The summed E-state index contributed by atoms with van der Waals surface area (Å²) in [5.41, 5.74) is 0.319. The fraction of sp³-hybridized carbons (Fsp3) is 0.826. The molecule has 0 aliphatic carbocycles. The Labute approximate surface area is 266 Å². The second-order valence-corrected chi connectivity index (χ2v) is 16.7. The zero-order valence-corrected chi connectivity index (χ0v) is 31.1. The molecule has 0 fully saturated rings. The van der Waals surface area contributed by atoms with Gasteiger partial charge in [-0.15, -0.1) is 0 Å². The normalized spacial score (nSPS) is 11.9. The van der Waals surface area contributed by atoms with Crippen LogP contribution >= 0.6 is 90.4 Å². The first-order valence-corrected chi connectivity index (χ1v) is 16.2. The predicted molar refractivity (Wildman–Crippen MR) is 174 cm³/mol. The molecule has 0 saturated carbocycles. The highest BCUT2D eigenvalue weighted by atomic mass is 127. The first-order valence-electron chi connectivity index (χ1n) is 10.6. The van der Waals surface area contributed by atoms with E-state index in [0.717, 1.165) is 12.8 Å². The van der Waals surface area contributed by atoms with Crippen LogP contribution in [0.25, 0.3) is 0 Å². The number of alkyl halides is 4. The molecule has 0 aliphatic rings. The lowest BCUT2D eigenvalue weighted by atomic mass is 9.91. The molecular formula is C23H42I4O8. The molecule has 35 heavy (non-hydrogen) atoms. The Hall–Kier alpha value is 0.800. The topological polar surface area (TPSA) is 105 Å². The van der Waals surface area contributed by atoms with Crippen LogP contribution in [0.4, 0.5) is 0 Å². The summed E-state index contributed by atoms with van der Waals surface area (Å²) in [6.45, 7) is 14.2. The van der Waals surface area contributed by atoms with Crippen molar-refractivity contribution in [2.75, 3.05) is 23.8 Å². The van der Waals surface area contributed by atoms with Gasteiger partial charge in [0.1, 0.15) is 3.92 Å². The van der Waals surface area contributed by atoms with Crippen LogP contribution in [0.3, 0.4) is 0 Å². The number of carbonyl (C=O) groups is 4. The molecule has 0 radical (unpaired) electrons. The summed E-state index contributed by atoms with van der Waals surface area (Å²) in [6.07, 6.45) is 2.47. The van der Waals surface area contributed by atoms with E-state index in [1.54, 1.807) is 29.5 Å². The monoisotopic (exact) mass is 954 g/mol. The summed E-state index contributed by atoms with van der Waals surface area (Å²) in [5, 5.41) is 0. The van der Waals surface area contributed by atoms with Crippen LogP contribution < -0.4 is 0 Å². The average molecular weight is 954 g/mol. The summed E-state index contributed by atoms with van der Waals surface area (Å²) < 4.78 is 18.5. The van der Waals surface area contributed by atoms with Crippen molar-refractivity contribution in [3.05, 3.63) is 0 Å². The smallest absolute Gasteiger partial charge is 0.357 e. The maximum Gasteiger partial charge on any atom is 0.357 e. The van der Waals surface area contributed by atoms with Gasteiger partial charge < -0.3 is 18.9 Å². The third-order valence-corrected chi connectivity index (χ3v) is 4.80. The van der Waals surface area contributed by atoms with E-state index in [4.69, 9.17) is 4.74 Å². The van der Waals surface area contributed by atoms with Gasteiger partial charge >= 0.3 is 23.9 Å². The second-order valence-electron chi connectivity index (χ2n) is 9.27. The number of carbonyl (C=O) groups excluding carboxylic acids is 4. The van der Waals surface area contributed by atoms with Gasteiger partial charge in [-0.1, -0.05) is 109 Å². The maximum absolute atomic E-state index is 11.3. The standard InChI is InChI=1S/C10H17IO4.C8H16O2.C4H7IO2.CH2I2/c1-10(2,3)6-5-7(12)15-8(11)9(13)14-4;1-8(2,3)6-5-7(9)10-4;1-3(5)4(6)7-2;2-1-3/h8H,5-6H2,1-4H3;5-6H2,1-4H3;3H,1-2H3;1H2. The molecular weight excluding hydrogens is 912 g/mol. The minimum Gasteiger partial charge on any atom is -0.469 e. The van der Waals surface area contributed by atoms with E-state index in [-0.39, 0.29) is 32.7 Å². The van der Waals surface area contributed by atoms with Crippen molar-refractivity contribution < 1.29 is 38.1 Å².